The van der Waals surface area contributed by atoms with Gasteiger partial charge < -0.3 is 0 Å². The Hall–Kier alpha value is -3.22. The van der Waals surface area contributed by atoms with E-state index in [-0.39, 0.29) is 5.69 Å². The summed E-state index contributed by atoms with van der Waals surface area (Å²) in [6.45, 7) is 0. The van der Waals surface area contributed by atoms with Crippen molar-refractivity contribution < 1.29 is 18.1 Å². The molecular weight excluding hydrogens is 333 g/mol. The van der Waals surface area contributed by atoms with Crippen LogP contribution in [0.15, 0.2) is 54.6 Å². The minimum atomic E-state index is -4.40. The summed E-state index contributed by atoms with van der Waals surface area (Å²) in [6.07, 6.45) is -1.32. The molecule has 0 radical (unpaired) electrons. The van der Waals surface area contributed by atoms with Crippen molar-refractivity contribution in [3.63, 3.8) is 0 Å². The number of hydrogen-bond acceptors (Lipinski definition) is 3. The lowest BCUT2D eigenvalue weighted by Crippen LogP contribution is -2.04. The summed E-state index contributed by atoms with van der Waals surface area (Å²) in [5, 5.41) is 11.4. The molecule has 0 amide bonds. The van der Waals surface area contributed by atoms with Crippen molar-refractivity contribution >= 4 is 28.7 Å². The van der Waals surface area contributed by atoms with Crippen LogP contribution in [-0.4, -0.2) is 9.91 Å². The Kier molecular flexibility index (Phi) is 4.22. The summed E-state index contributed by atoms with van der Waals surface area (Å²) in [7, 11) is 0. The first-order chi connectivity index (χ1) is 11.8. The number of nitrogens with zero attached hydrogens (tertiary/aromatic N) is 2. The van der Waals surface area contributed by atoms with Crippen molar-refractivity contribution in [2.45, 2.75) is 6.18 Å². The molecule has 0 N–H and O–H groups in total. The van der Waals surface area contributed by atoms with E-state index < -0.39 is 16.7 Å². The summed E-state index contributed by atoms with van der Waals surface area (Å²) >= 11 is 0. The van der Waals surface area contributed by atoms with Crippen LogP contribution in [0.4, 0.5) is 18.9 Å². The van der Waals surface area contributed by atoms with Crippen LogP contribution < -0.4 is 0 Å². The van der Waals surface area contributed by atoms with Gasteiger partial charge in [-0.25, -0.2) is 4.98 Å². The summed E-state index contributed by atoms with van der Waals surface area (Å²) in [6, 6.07) is 12.7. The lowest BCUT2D eigenvalue weighted by Gasteiger charge is -2.06. The Morgan fingerprint density at radius 3 is 2.48 bits per heavy atom. The fraction of sp³-hybridized carbons (Fsp3) is 0.0556. The van der Waals surface area contributed by atoms with Crippen LogP contribution in [0, 0.1) is 10.1 Å². The van der Waals surface area contributed by atoms with Gasteiger partial charge in [0.1, 0.15) is 0 Å². The van der Waals surface area contributed by atoms with Crippen molar-refractivity contribution in [1.82, 2.24) is 4.98 Å². The molecule has 1 heterocycles. The molecule has 0 unspecified atom stereocenters. The zero-order valence-electron chi connectivity index (χ0n) is 12.7. The van der Waals surface area contributed by atoms with E-state index >= 15 is 0 Å². The predicted octanol–water partition coefficient (Wildman–Crippen LogP) is 5.33. The van der Waals surface area contributed by atoms with E-state index in [1.165, 1.54) is 24.3 Å². The molecule has 1 aromatic heterocycles. The topological polar surface area (TPSA) is 56.0 Å². The number of rotatable bonds is 3. The normalized spacial score (nSPS) is 12.0. The van der Waals surface area contributed by atoms with Gasteiger partial charge in [-0.05, 0) is 42.0 Å². The summed E-state index contributed by atoms with van der Waals surface area (Å²) < 4.78 is 38.2. The third-order valence-electron chi connectivity index (χ3n) is 3.59. The summed E-state index contributed by atoms with van der Waals surface area (Å²) in [4.78, 5) is 14.8. The fourth-order valence-electron chi connectivity index (χ4n) is 2.41. The third-order valence-corrected chi connectivity index (χ3v) is 3.59. The lowest BCUT2D eigenvalue weighted by atomic mass is 10.1. The first-order valence-electron chi connectivity index (χ1n) is 7.24. The molecule has 4 nitrogen and oxygen atoms in total. The molecular formula is C18H11F3N2O2. The van der Waals surface area contributed by atoms with Gasteiger partial charge in [-0.15, -0.1) is 0 Å². The van der Waals surface area contributed by atoms with Crippen molar-refractivity contribution in [1.29, 1.82) is 0 Å². The van der Waals surface area contributed by atoms with Gasteiger partial charge in [-0.1, -0.05) is 24.3 Å². The number of fused-ring (bicyclic) bond motifs is 1. The highest BCUT2D eigenvalue weighted by molar-refractivity contribution is 5.88. The van der Waals surface area contributed by atoms with Gasteiger partial charge >= 0.3 is 6.18 Å². The van der Waals surface area contributed by atoms with Gasteiger partial charge in [0, 0.05) is 6.07 Å². The summed E-state index contributed by atoms with van der Waals surface area (Å²) in [5.74, 6) is 0. The molecule has 0 saturated carbocycles. The van der Waals surface area contributed by atoms with Gasteiger partial charge in [0.25, 0.3) is 5.69 Å². The number of halogens is 3. The van der Waals surface area contributed by atoms with Crippen LogP contribution in [0.25, 0.3) is 23.1 Å². The molecule has 0 bridgehead atoms. The highest BCUT2D eigenvalue weighted by Gasteiger charge is 2.30. The average Bonchev–Trinajstić information content (AvgIpc) is 2.58. The van der Waals surface area contributed by atoms with Crippen LogP contribution in [0.2, 0.25) is 0 Å². The Morgan fingerprint density at radius 1 is 1.00 bits per heavy atom. The minimum absolute atomic E-state index is 0.0431. The van der Waals surface area contributed by atoms with Crippen molar-refractivity contribution in [2.75, 3.05) is 0 Å². The molecule has 0 atom stereocenters. The number of alkyl halides is 3. The second kappa shape index (κ2) is 6.35. The maximum absolute atomic E-state index is 12.7. The number of non-ortho nitro benzene ring substituents is 1. The van der Waals surface area contributed by atoms with E-state index in [1.807, 2.05) is 0 Å². The molecule has 25 heavy (non-hydrogen) atoms. The Bertz CT molecular complexity index is 981. The first-order valence-corrected chi connectivity index (χ1v) is 7.24. The van der Waals surface area contributed by atoms with Gasteiger partial charge in [-0.3, -0.25) is 10.1 Å². The van der Waals surface area contributed by atoms with Crippen molar-refractivity contribution in [2.24, 2.45) is 0 Å². The van der Waals surface area contributed by atoms with Crippen LogP contribution in [0.3, 0.4) is 0 Å². The number of hydrogen-bond donors (Lipinski definition) is 0. The number of pyridine rings is 1. The lowest BCUT2D eigenvalue weighted by molar-refractivity contribution is -0.383. The molecule has 2 aromatic carbocycles. The fourth-order valence-corrected chi connectivity index (χ4v) is 2.41. The monoisotopic (exact) mass is 344 g/mol. The van der Waals surface area contributed by atoms with Crippen LogP contribution in [0.1, 0.15) is 16.8 Å². The zero-order valence-corrected chi connectivity index (χ0v) is 12.7. The summed E-state index contributed by atoms with van der Waals surface area (Å²) in [5.41, 5.74) is 0.553. The number of nitro groups is 1. The molecule has 0 aliphatic rings. The maximum atomic E-state index is 12.7. The average molecular weight is 344 g/mol. The van der Waals surface area contributed by atoms with E-state index in [4.69, 9.17) is 0 Å². The highest BCUT2D eigenvalue weighted by Crippen LogP contribution is 2.30. The molecule has 0 fully saturated rings. The van der Waals surface area contributed by atoms with E-state index in [1.54, 1.807) is 30.3 Å². The Balaban J connectivity index is 1.93. The Morgan fingerprint density at radius 2 is 1.76 bits per heavy atom. The van der Waals surface area contributed by atoms with Gasteiger partial charge in [0.2, 0.25) is 0 Å². The molecule has 3 rings (SSSR count). The number of aromatic nitrogens is 1. The van der Waals surface area contributed by atoms with Gasteiger partial charge in [0.05, 0.1) is 27.1 Å². The van der Waals surface area contributed by atoms with E-state index in [0.717, 1.165) is 12.1 Å². The molecule has 126 valence electrons. The molecule has 0 aliphatic carbocycles. The standard InChI is InChI=1S/C18H11F3N2O2/c19-18(20,21)13-4-1-3-12(11-13)7-8-14-9-10-15-16(22-14)5-2-6-17(15)23(24)25/h1-11H/b8-7+. The van der Waals surface area contributed by atoms with E-state index in [2.05, 4.69) is 4.98 Å². The van der Waals surface area contributed by atoms with Crippen molar-refractivity contribution in [3.8, 4) is 0 Å². The van der Waals surface area contributed by atoms with Crippen LogP contribution in [-0.2, 0) is 6.18 Å². The van der Waals surface area contributed by atoms with Gasteiger partial charge in [-0.2, -0.15) is 13.2 Å². The second-order valence-electron chi connectivity index (χ2n) is 5.29. The van der Waals surface area contributed by atoms with Crippen molar-refractivity contribution in [3.05, 3.63) is 81.5 Å². The molecule has 0 aliphatic heterocycles. The third kappa shape index (κ3) is 3.65. The SMILES string of the molecule is O=[N+]([O-])c1cccc2nc(/C=C/c3cccc(C(F)(F)F)c3)ccc12. The zero-order chi connectivity index (χ0) is 18.0. The van der Waals surface area contributed by atoms with Crippen LogP contribution >= 0.6 is 0 Å². The molecule has 7 heteroatoms. The predicted molar refractivity (Wildman–Crippen MR) is 88.8 cm³/mol. The molecule has 0 spiro atoms. The molecule has 3 aromatic rings. The first kappa shape index (κ1) is 16.6. The van der Waals surface area contributed by atoms with E-state index in [9.17, 15) is 23.3 Å². The number of nitro benzene ring substituents is 1. The van der Waals surface area contributed by atoms with E-state index in [0.29, 0.717) is 22.2 Å². The highest BCUT2D eigenvalue weighted by atomic mass is 19.4. The smallest absolute Gasteiger partial charge is 0.258 e. The maximum Gasteiger partial charge on any atom is 0.416 e. The second-order valence-corrected chi connectivity index (χ2v) is 5.29. The molecule has 0 saturated heterocycles. The van der Waals surface area contributed by atoms with Crippen LogP contribution in [0.5, 0.6) is 0 Å². The minimum Gasteiger partial charge on any atom is -0.258 e. The largest absolute Gasteiger partial charge is 0.416 e. The number of benzene rings is 2. The van der Waals surface area contributed by atoms with Gasteiger partial charge in [0.15, 0.2) is 0 Å². The quantitative estimate of drug-likeness (QED) is 0.476. The Labute approximate surface area is 140 Å².